The average Bonchev–Trinajstić information content (AvgIpc) is 3.62. The molecule has 0 N–H and O–H groups in total. The summed E-state index contributed by atoms with van der Waals surface area (Å²) in [5, 5.41) is 0. The lowest BCUT2D eigenvalue weighted by atomic mass is 9.81. The molecule has 1 amide bonds. The average molecular weight is 458 g/mol. The van der Waals surface area contributed by atoms with E-state index in [1.54, 1.807) is 0 Å². The van der Waals surface area contributed by atoms with Crippen molar-refractivity contribution in [2.75, 3.05) is 20.2 Å². The zero-order valence-corrected chi connectivity index (χ0v) is 20.8. The van der Waals surface area contributed by atoms with Gasteiger partial charge < -0.3 is 19.1 Å². The van der Waals surface area contributed by atoms with Crippen LogP contribution in [0.25, 0.3) is 0 Å². The van der Waals surface area contributed by atoms with E-state index in [0.717, 1.165) is 31.4 Å². The highest BCUT2D eigenvalue weighted by Crippen LogP contribution is 2.48. The highest BCUT2D eigenvalue weighted by atomic mass is 16.6. The normalized spacial score (nSPS) is 23.2. The molecule has 3 aliphatic rings. The largest absolute Gasteiger partial charge is 0.490 e. The number of amides is 1. The Kier molecular flexibility index (Phi) is 6.92. The molecule has 4 rings (SSSR count). The Morgan fingerprint density at radius 3 is 2.39 bits per heavy atom. The number of likely N-dealkylation sites (tertiary alicyclic amines) is 1. The van der Waals surface area contributed by atoms with Crippen LogP contribution in [0.5, 0.6) is 5.75 Å². The van der Waals surface area contributed by atoms with Gasteiger partial charge in [-0.05, 0) is 94.2 Å². The smallest absolute Gasteiger partial charge is 0.410 e. The minimum atomic E-state index is -0.467. The van der Waals surface area contributed by atoms with Crippen molar-refractivity contribution in [1.82, 2.24) is 4.90 Å². The Balaban J connectivity index is 1.40. The van der Waals surface area contributed by atoms with E-state index in [9.17, 15) is 9.59 Å². The fraction of sp³-hybridized carbons (Fsp3) is 0.704. The van der Waals surface area contributed by atoms with E-state index in [1.807, 2.05) is 32.6 Å². The van der Waals surface area contributed by atoms with E-state index in [4.69, 9.17) is 14.2 Å². The third-order valence-electron chi connectivity index (χ3n) is 7.41. The Hall–Kier alpha value is -2.24. The Bertz CT molecular complexity index is 864. The number of ether oxygens (including phenoxy) is 3. The number of carbonyl (C=O) groups is 2. The summed E-state index contributed by atoms with van der Waals surface area (Å²) < 4.78 is 17.1. The molecule has 1 saturated carbocycles. The molecular formula is C27H39NO5. The van der Waals surface area contributed by atoms with E-state index in [1.165, 1.54) is 31.1 Å². The first-order chi connectivity index (χ1) is 15.7. The molecule has 0 bridgehead atoms. The van der Waals surface area contributed by atoms with Gasteiger partial charge in [-0.1, -0.05) is 19.1 Å². The Morgan fingerprint density at radius 2 is 1.79 bits per heavy atom. The fourth-order valence-corrected chi connectivity index (χ4v) is 5.48. The van der Waals surface area contributed by atoms with Crippen molar-refractivity contribution in [2.45, 2.75) is 83.8 Å². The number of esters is 1. The highest BCUT2D eigenvalue weighted by Gasteiger charge is 2.40. The second kappa shape index (κ2) is 9.55. The van der Waals surface area contributed by atoms with Gasteiger partial charge in [0.05, 0.1) is 13.0 Å². The van der Waals surface area contributed by atoms with Crippen molar-refractivity contribution in [1.29, 1.82) is 0 Å². The molecule has 2 aliphatic heterocycles. The van der Waals surface area contributed by atoms with Crippen molar-refractivity contribution in [2.24, 2.45) is 17.8 Å². The van der Waals surface area contributed by atoms with E-state index in [0.29, 0.717) is 24.9 Å². The van der Waals surface area contributed by atoms with Gasteiger partial charge >= 0.3 is 12.1 Å². The number of methoxy groups -OCH3 is 1. The van der Waals surface area contributed by atoms with Gasteiger partial charge in [-0.25, -0.2) is 4.79 Å². The zero-order valence-electron chi connectivity index (χ0n) is 20.8. The summed E-state index contributed by atoms with van der Waals surface area (Å²) in [6.07, 6.45) is 6.18. The molecule has 1 saturated heterocycles. The van der Waals surface area contributed by atoms with Crippen molar-refractivity contribution in [3.05, 3.63) is 29.3 Å². The lowest BCUT2D eigenvalue weighted by Gasteiger charge is -2.38. The molecule has 6 heteroatoms. The molecule has 182 valence electrons. The lowest BCUT2D eigenvalue weighted by Crippen LogP contribution is -2.45. The number of carbonyl (C=O) groups excluding carboxylic acids is 2. The molecule has 0 radical (unpaired) electrons. The number of rotatable bonds is 5. The van der Waals surface area contributed by atoms with Gasteiger partial charge in [-0.15, -0.1) is 0 Å². The van der Waals surface area contributed by atoms with Crippen molar-refractivity contribution < 1.29 is 23.8 Å². The number of piperidine rings is 1. The number of benzene rings is 1. The molecule has 3 atom stereocenters. The topological polar surface area (TPSA) is 65.1 Å². The standard InChI is InChI=1S/C27H39NO5/c1-17(25(29)31-5)24(20-7-8-20)21-9-6-18-10-11-22(32-23(18)16-21)19-12-14-28(15-13-19)26(30)33-27(2,3)4/h6,9,16-17,19-20,22,24H,7-8,10-15H2,1-5H3/t17-,22?,24-/m0/s1. The van der Waals surface area contributed by atoms with Gasteiger partial charge in [0.2, 0.25) is 0 Å². The summed E-state index contributed by atoms with van der Waals surface area (Å²) in [6.45, 7) is 9.12. The SMILES string of the molecule is COC(=O)[C@@H](C)[C@H](c1ccc2c(c1)OC(C1CCN(C(=O)OC(C)(C)C)CC1)CC2)C1CC1. The van der Waals surface area contributed by atoms with Gasteiger partial charge in [-0.3, -0.25) is 4.79 Å². The van der Waals surface area contributed by atoms with E-state index >= 15 is 0 Å². The fourth-order valence-electron chi connectivity index (χ4n) is 5.48. The van der Waals surface area contributed by atoms with Crippen LogP contribution in [0.2, 0.25) is 0 Å². The second-order valence-corrected chi connectivity index (χ2v) is 11.0. The van der Waals surface area contributed by atoms with Crippen molar-refractivity contribution >= 4 is 12.1 Å². The zero-order chi connectivity index (χ0) is 23.8. The molecule has 1 aromatic carbocycles. The molecule has 2 heterocycles. The van der Waals surface area contributed by atoms with E-state index in [2.05, 4.69) is 18.2 Å². The third-order valence-corrected chi connectivity index (χ3v) is 7.41. The van der Waals surface area contributed by atoms with Crippen LogP contribution in [0.3, 0.4) is 0 Å². The van der Waals surface area contributed by atoms with Crippen molar-refractivity contribution in [3.8, 4) is 5.75 Å². The number of hydrogen-bond acceptors (Lipinski definition) is 5. The molecule has 0 aromatic heterocycles. The summed E-state index contributed by atoms with van der Waals surface area (Å²) in [4.78, 5) is 26.5. The molecule has 2 fully saturated rings. The molecule has 1 aliphatic carbocycles. The van der Waals surface area contributed by atoms with Crippen molar-refractivity contribution in [3.63, 3.8) is 0 Å². The minimum Gasteiger partial charge on any atom is -0.490 e. The summed E-state index contributed by atoms with van der Waals surface area (Å²) in [5.41, 5.74) is 1.97. The van der Waals surface area contributed by atoms with Crippen LogP contribution in [-0.4, -0.2) is 48.9 Å². The first-order valence-corrected chi connectivity index (χ1v) is 12.5. The van der Waals surface area contributed by atoms with E-state index < -0.39 is 5.60 Å². The van der Waals surface area contributed by atoms with Gasteiger partial charge in [0.15, 0.2) is 0 Å². The number of nitrogens with zero attached hydrogens (tertiary/aromatic N) is 1. The predicted molar refractivity (Wildman–Crippen MR) is 126 cm³/mol. The number of hydrogen-bond donors (Lipinski definition) is 0. The van der Waals surface area contributed by atoms with E-state index in [-0.39, 0.29) is 30.0 Å². The van der Waals surface area contributed by atoms with Crippen LogP contribution in [-0.2, 0) is 20.7 Å². The van der Waals surface area contributed by atoms with Crippen LogP contribution in [0.4, 0.5) is 4.79 Å². The van der Waals surface area contributed by atoms with Crippen LogP contribution < -0.4 is 4.74 Å². The van der Waals surface area contributed by atoms with Crippen LogP contribution in [0.1, 0.15) is 76.8 Å². The molecule has 6 nitrogen and oxygen atoms in total. The third kappa shape index (κ3) is 5.64. The Morgan fingerprint density at radius 1 is 1.09 bits per heavy atom. The summed E-state index contributed by atoms with van der Waals surface area (Å²) in [7, 11) is 1.47. The van der Waals surface area contributed by atoms with Gasteiger partial charge in [0.25, 0.3) is 0 Å². The monoisotopic (exact) mass is 457 g/mol. The predicted octanol–water partition coefficient (Wildman–Crippen LogP) is 5.33. The Labute approximate surface area is 198 Å². The molecule has 1 aromatic rings. The summed E-state index contributed by atoms with van der Waals surface area (Å²) >= 11 is 0. The lowest BCUT2D eigenvalue weighted by molar-refractivity contribution is -0.145. The maximum Gasteiger partial charge on any atom is 0.410 e. The van der Waals surface area contributed by atoms with Gasteiger partial charge in [0.1, 0.15) is 17.5 Å². The number of fused-ring (bicyclic) bond motifs is 1. The van der Waals surface area contributed by atoms with Crippen LogP contribution >= 0.6 is 0 Å². The maximum atomic E-state index is 12.4. The van der Waals surface area contributed by atoms with Gasteiger partial charge in [0, 0.05) is 13.1 Å². The highest BCUT2D eigenvalue weighted by molar-refractivity contribution is 5.73. The molecule has 33 heavy (non-hydrogen) atoms. The first kappa shape index (κ1) is 23.9. The summed E-state index contributed by atoms with van der Waals surface area (Å²) in [6, 6.07) is 6.55. The summed E-state index contributed by atoms with van der Waals surface area (Å²) in [5.74, 6) is 1.85. The number of aryl methyl sites for hydroxylation is 1. The maximum absolute atomic E-state index is 12.4. The quantitative estimate of drug-likeness (QED) is 0.559. The molecule has 1 unspecified atom stereocenters. The van der Waals surface area contributed by atoms with Crippen LogP contribution in [0, 0.1) is 17.8 Å². The van der Waals surface area contributed by atoms with Gasteiger partial charge in [-0.2, -0.15) is 0 Å². The minimum absolute atomic E-state index is 0.139. The molecular weight excluding hydrogens is 418 g/mol. The second-order valence-electron chi connectivity index (χ2n) is 11.0. The first-order valence-electron chi connectivity index (χ1n) is 12.5. The van der Waals surface area contributed by atoms with Crippen LogP contribution in [0.15, 0.2) is 18.2 Å². The molecule has 0 spiro atoms.